The summed E-state index contributed by atoms with van der Waals surface area (Å²) in [7, 11) is -0.737. The Balaban J connectivity index is 2.72. The molecule has 142 valence electrons. The van der Waals surface area contributed by atoms with Crippen molar-refractivity contribution >= 4 is 13.9 Å². The molecule has 26 heavy (non-hydrogen) atoms. The Bertz CT molecular complexity index is 818. The third kappa shape index (κ3) is 3.32. The van der Waals surface area contributed by atoms with Crippen molar-refractivity contribution in [1.29, 1.82) is 0 Å². The van der Waals surface area contributed by atoms with Gasteiger partial charge in [-0.05, 0) is 32.3 Å². The van der Waals surface area contributed by atoms with Crippen LogP contribution in [0, 0.1) is 42.9 Å². The van der Waals surface area contributed by atoms with Crippen LogP contribution >= 0.6 is 8.58 Å². The Morgan fingerprint density at radius 3 is 1.77 bits per heavy atom. The van der Waals surface area contributed by atoms with E-state index < -0.39 is 48.1 Å². The van der Waals surface area contributed by atoms with Crippen LogP contribution in [0.15, 0.2) is 12.1 Å². The number of aromatic hydroxyl groups is 1. The lowest BCUT2D eigenvalue weighted by atomic mass is 9.89. The second-order valence-electron chi connectivity index (χ2n) is 6.34. The average Bonchev–Trinajstić information content (AvgIpc) is 2.62. The number of hydrogen-bond donors (Lipinski definition) is 1. The summed E-state index contributed by atoms with van der Waals surface area (Å²) in [6.07, 6.45) is 0.718. The topological polar surface area (TPSA) is 20.2 Å². The van der Waals surface area contributed by atoms with Crippen molar-refractivity contribution in [2.75, 3.05) is 0 Å². The highest BCUT2D eigenvalue weighted by atomic mass is 31.1. The molecule has 0 heterocycles. The first-order valence-electron chi connectivity index (χ1n) is 8.19. The van der Waals surface area contributed by atoms with Crippen LogP contribution in [0.2, 0.25) is 0 Å². The Hall–Kier alpha value is -1.68. The zero-order valence-electron chi connectivity index (χ0n) is 14.9. The third-order valence-electron chi connectivity index (χ3n) is 4.74. The van der Waals surface area contributed by atoms with Gasteiger partial charge >= 0.3 is 0 Å². The van der Waals surface area contributed by atoms with E-state index in [2.05, 4.69) is 0 Å². The fourth-order valence-corrected chi connectivity index (χ4v) is 4.75. The lowest BCUT2D eigenvalue weighted by Crippen LogP contribution is -2.26. The van der Waals surface area contributed by atoms with E-state index in [1.165, 1.54) is 0 Å². The van der Waals surface area contributed by atoms with Gasteiger partial charge in [0.15, 0.2) is 23.3 Å². The highest BCUT2D eigenvalue weighted by Gasteiger charge is 2.36. The molecule has 1 unspecified atom stereocenters. The van der Waals surface area contributed by atoms with Crippen LogP contribution in [0.5, 0.6) is 5.75 Å². The van der Waals surface area contributed by atoms with Crippen molar-refractivity contribution in [3.05, 3.63) is 57.9 Å². The standard InChI is InChI=1S/C19H20F5OP/c1-5-19(6-2,11-8-9(3)7-10(4)17(11)25)26-18-15(23)13(21)12(20)14(22)16(18)24/h7-8,25-26H,5-6H2,1-4H3. The molecule has 0 saturated carbocycles. The molecule has 0 aliphatic heterocycles. The van der Waals surface area contributed by atoms with Gasteiger partial charge in [-0.1, -0.05) is 40.1 Å². The molecule has 0 saturated heterocycles. The molecule has 2 rings (SSSR count). The van der Waals surface area contributed by atoms with E-state index in [-0.39, 0.29) is 5.75 Å². The van der Waals surface area contributed by atoms with E-state index in [0.717, 1.165) is 5.56 Å². The molecule has 0 radical (unpaired) electrons. The molecule has 1 nitrogen and oxygen atoms in total. The van der Waals surface area contributed by atoms with Crippen molar-refractivity contribution in [3.63, 3.8) is 0 Å². The predicted octanol–water partition coefficient (Wildman–Crippen LogP) is 5.72. The Kier molecular flexibility index (Phi) is 5.96. The summed E-state index contributed by atoms with van der Waals surface area (Å²) in [5.74, 6) is -9.70. The minimum atomic E-state index is -2.17. The molecule has 2 aromatic carbocycles. The minimum absolute atomic E-state index is 0.0179. The van der Waals surface area contributed by atoms with Crippen LogP contribution in [0.25, 0.3) is 0 Å². The molecule has 0 aliphatic carbocycles. The number of hydrogen-bond acceptors (Lipinski definition) is 1. The van der Waals surface area contributed by atoms with Crippen LogP contribution in [-0.4, -0.2) is 5.11 Å². The molecular formula is C19H20F5OP. The first kappa shape index (κ1) is 20.6. The van der Waals surface area contributed by atoms with E-state index >= 15 is 0 Å². The molecule has 7 heteroatoms. The molecule has 0 amide bonds. The molecule has 0 aliphatic rings. The average molecular weight is 390 g/mol. The van der Waals surface area contributed by atoms with Gasteiger partial charge in [0.1, 0.15) is 5.75 Å². The molecule has 1 N–H and O–H groups in total. The third-order valence-corrected chi connectivity index (χ3v) is 6.89. The van der Waals surface area contributed by atoms with Gasteiger partial charge in [-0.3, -0.25) is 0 Å². The number of rotatable bonds is 5. The van der Waals surface area contributed by atoms with Crippen LogP contribution in [0.1, 0.15) is 43.4 Å². The Morgan fingerprint density at radius 2 is 1.31 bits per heavy atom. The second-order valence-corrected chi connectivity index (χ2v) is 8.04. The number of benzene rings is 2. The van der Waals surface area contributed by atoms with Crippen molar-refractivity contribution in [2.24, 2.45) is 0 Å². The lowest BCUT2D eigenvalue weighted by Gasteiger charge is -2.34. The van der Waals surface area contributed by atoms with Gasteiger partial charge in [0.25, 0.3) is 0 Å². The highest BCUT2D eigenvalue weighted by molar-refractivity contribution is 7.48. The molecule has 0 spiro atoms. The number of phenolic OH excluding ortho intramolecular Hbond substituents is 1. The molecular weight excluding hydrogens is 370 g/mol. The summed E-state index contributed by atoms with van der Waals surface area (Å²) >= 11 is 0. The summed E-state index contributed by atoms with van der Waals surface area (Å²) in [5, 5.41) is 8.72. The van der Waals surface area contributed by atoms with Crippen LogP contribution in [-0.2, 0) is 5.16 Å². The van der Waals surface area contributed by atoms with Gasteiger partial charge in [0, 0.05) is 10.7 Å². The van der Waals surface area contributed by atoms with E-state index in [1.807, 2.05) is 6.92 Å². The number of halogens is 5. The Labute approximate surface area is 151 Å². The van der Waals surface area contributed by atoms with Gasteiger partial charge < -0.3 is 5.11 Å². The van der Waals surface area contributed by atoms with E-state index in [1.54, 1.807) is 32.9 Å². The van der Waals surface area contributed by atoms with Crippen LogP contribution in [0.3, 0.4) is 0 Å². The molecule has 1 atom stereocenters. The number of aryl methyl sites for hydroxylation is 2. The van der Waals surface area contributed by atoms with Gasteiger partial charge in [0.05, 0.1) is 5.30 Å². The number of phenols is 1. The Morgan fingerprint density at radius 1 is 0.846 bits per heavy atom. The molecule has 0 aromatic heterocycles. The molecule has 0 fully saturated rings. The lowest BCUT2D eigenvalue weighted by molar-refractivity contribution is 0.384. The maximum absolute atomic E-state index is 14.2. The highest BCUT2D eigenvalue weighted by Crippen LogP contribution is 2.51. The van der Waals surface area contributed by atoms with E-state index in [4.69, 9.17) is 0 Å². The summed E-state index contributed by atoms with van der Waals surface area (Å²) in [4.78, 5) is 0. The second kappa shape index (κ2) is 7.51. The van der Waals surface area contributed by atoms with Crippen LogP contribution in [0.4, 0.5) is 22.0 Å². The van der Waals surface area contributed by atoms with Gasteiger partial charge in [-0.15, -0.1) is 0 Å². The van der Waals surface area contributed by atoms with Gasteiger partial charge in [0.2, 0.25) is 5.82 Å². The summed E-state index contributed by atoms with van der Waals surface area (Å²) in [6.45, 7) is 7.04. The summed E-state index contributed by atoms with van der Waals surface area (Å²) in [5.41, 5.74) is 1.89. The van der Waals surface area contributed by atoms with E-state index in [0.29, 0.717) is 24.0 Å². The van der Waals surface area contributed by atoms with Gasteiger partial charge in [-0.2, -0.15) is 0 Å². The zero-order valence-corrected chi connectivity index (χ0v) is 15.9. The first-order valence-corrected chi connectivity index (χ1v) is 9.19. The fourth-order valence-electron chi connectivity index (χ4n) is 3.15. The van der Waals surface area contributed by atoms with Crippen LogP contribution < -0.4 is 5.30 Å². The smallest absolute Gasteiger partial charge is 0.200 e. The first-order chi connectivity index (χ1) is 12.1. The zero-order chi connectivity index (χ0) is 19.8. The predicted molar refractivity (Wildman–Crippen MR) is 94.0 cm³/mol. The van der Waals surface area contributed by atoms with E-state index in [9.17, 15) is 27.1 Å². The van der Waals surface area contributed by atoms with Crippen molar-refractivity contribution < 1.29 is 27.1 Å². The van der Waals surface area contributed by atoms with Crippen molar-refractivity contribution in [3.8, 4) is 5.75 Å². The normalized spacial score (nSPS) is 12.3. The quantitative estimate of drug-likeness (QED) is 0.300. The molecule has 0 bridgehead atoms. The summed E-state index contributed by atoms with van der Waals surface area (Å²) in [6, 6.07) is 3.46. The maximum atomic E-state index is 14.2. The maximum Gasteiger partial charge on any atom is 0.200 e. The van der Waals surface area contributed by atoms with Crippen molar-refractivity contribution in [1.82, 2.24) is 0 Å². The summed E-state index contributed by atoms with van der Waals surface area (Å²) < 4.78 is 68.9. The van der Waals surface area contributed by atoms with Crippen molar-refractivity contribution in [2.45, 2.75) is 45.7 Å². The minimum Gasteiger partial charge on any atom is -0.507 e. The van der Waals surface area contributed by atoms with Gasteiger partial charge in [-0.25, -0.2) is 22.0 Å². The molecule has 2 aromatic rings. The SMILES string of the molecule is CCC(CC)(Pc1c(F)c(F)c(F)c(F)c1F)c1cc(C)cc(C)c1O. The largest absolute Gasteiger partial charge is 0.507 e. The fraction of sp³-hybridized carbons (Fsp3) is 0.368. The monoisotopic (exact) mass is 390 g/mol.